The number of hydrogen-bond acceptors (Lipinski definition) is 5. The van der Waals surface area contributed by atoms with Crippen LogP contribution in [-0.2, 0) is 17.9 Å². The first kappa shape index (κ1) is 21.5. The van der Waals surface area contributed by atoms with Crippen molar-refractivity contribution in [2.75, 3.05) is 5.32 Å². The average Bonchev–Trinajstić information content (AvgIpc) is 3.56. The molecule has 3 N–H and O–H groups in total. The van der Waals surface area contributed by atoms with Crippen LogP contribution in [0, 0.1) is 5.92 Å². The van der Waals surface area contributed by atoms with E-state index in [1.54, 1.807) is 22.8 Å². The maximum Gasteiger partial charge on any atom is 0.220 e. The molecule has 0 atom stereocenters. The van der Waals surface area contributed by atoms with Gasteiger partial charge in [0.25, 0.3) is 0 Å². The number of benzene rings is 2. The zero-order chi connectivity index (χ0) is 22.8. The van der Waals surface area contributed by atoms with E-state index in [1.807, 2.05) is 30.3 Å². The van der Waals surface area contributed by atoms with Crippen molar-refractivity contribution in [2.24, 2.45) is 5.92 Å². The molecule has 1 fully saturated rings. The first-order valence-electron chi connectivity index (χ1n) is 11.0. The molecule has 0 saturated heterocycles. The van der Waals surface area contributed by atoms with Crippen LogP contribution < -0.4 is 10.6 Å². The molecule has 1 aliphatic rings. The highest BCUT2D eigenvalue weighted by Crippen LogP contribution is 2.32. The number of phenols is 1. The first-order valence-corrected chi connectivity index (χ1v) is 11.8. The number of aromatic nitrogens is 3. The van der Waals surface area contributed by atoms with Crippen LogP contribution in [0.15, 0.2) is 65.3 Å². The fourth-order valence-corrected chi connectivity index (χ4v) is 4.06. The lowest BCUT2D eigenvalue weighted by Gasteiger charge is -2.12. The number of anilines is 1. The minimum Gasteiger partial charge on any atom is -0.507 e. The van der Waals surface area contributed by atoms with E-state index in [9.17, 15) is 9.90 Å². The summed E-state index contributed by atoms with van der Waals surface area (Å²) in [7, 11) is 0. The maximum absolute atomic E-state index is 11.9. The summed E-state index contributed by atoms with van der Waals surface area (Å²) in [4.78, 5) is 16.6. The summed E-state index contributed by atoms with van der Waals surface area (Å²) in [6.07, 6.45) is 4.72. The normalized spacial score (nSPS) is 13.2. The van der Waals surface area contributed by atoms with Gasteiger partial charge in [-0.05, 0) is 57.9 Å². The highest BCUT2D eigenvalue weighted by molar-refractivity contribution is 9.10. The summed E-state index contributed by atoms with van der Waals surface area (Å²) < 4.78 is 2.51. The van der Waals surface area contributed by atoms with Gasteiger partial charge < -0.3 is 15.7 Å². The lowest BCUT2D eigenvalue weighted by Crippen LogP contribution is -2.22. The number of para-hydroxylation sites is 1. The maximum atomic E-state index is 11.9. The molecule has 8 heteroatoms. The van der Waals surface area contributed by atoms with Gasteiger partial charge in [-0.1, -0.05) is 36.4 Å². The van der Waals surface area contributed by atoms with Crippen LogP contribution in [0.4, 0.5) is 5.82 Å². The molecule has 2 aromatic carbocycles. The highest BCUT2D eigenvalue weighted by atomic mass is 79.9. The SMILES string of the molecule is O=C(CC1CC1)NCc1ccc(CNc2cc(-c3ccccc3O)nc3c(Br)cnn23)cc1. The first-order chi connectivity index (χ1) is 16.1. The van der Waals surface area contributed by atoms with E-state index in [-0.39, 0.29) is 11.7 Å². The largest absolute Gasteiger partial charge is 0.507 e. The molecule has 1 aliphatic carbocycles. The minimum absolute atomic E-state index is 0.135. The van der Waals surface area contributed by atoms with E-state index in [4.69, 9.17) is 0 Å². The summed E-state index contributed by atoms with van der Waals surface area (Å²) in [5.74, 6) is 1.67. The van der Waals surface area contributed by atoms with Gasteiger partial charge in [-0.3, -0.25) is 4.79 Å². The number of carbonyl (C=O) groups is 1. The second-order valence-corrected chi connectivity index (χ2v) is 9.22. The van der Waals surface area contributed by atoms with Crippen molar-refractivity contribution < 1.29 is 9.90 Å². The Kier molecular flexibility index (Phi) is 6.00. The van der Waals surface area contributed by atoms with Crippen LogP contribution in [0.1, 0.15) is 30.4 Å². The summed E-state index contributed by atoms with van der Waals surface area (Å²) in [6, 6.07) is 17.2. The van der Waals surface area contributed by atoms with Gasteiger partial charge in [0.05, 0.1) is 16.4 Å². The Morgan fingerprint density at radius 2 is 1.82 bits per heavy atom. The molecule has 7 nitrogen and oxygen atoms in total. The predicted octanol–water partition coefficient (Wildman–Crippen LogP) is 4.89. The Morgan fingerprint density at radius 3 is 2.55 bits per heavy atom. The average molecular weight is 506 g/mol. The van der Waals surface area contributed by atoms with Gasteiger partial charge in [0.2, 0.25) is 5.91 Å². The third-order valence-corrected chi connectivity index (χ3v) is 6.33. The summed E-state index contributed by atoms with van der Waals surface area (Å²) in [5.41, 5.74) is 4.15. The van der Waals surface area contributed by atoms with E-state index in [0.29, 0.717) is 42.3 Å². The molecule has 0 aliphatic heterocycles. The van der Waals surface area contributed by atoms with Crippen LogP contribution in [0.3, 0.4) is 0 Å². The van der Waals surface area contributed by atoms with Crippen molar-refractivity contribution in [1.29, 1.82) is 0 Å². The molecule has 2 heterocycles. The lowest BCUT2D eigenvalue weighted by molar-refractivity contribution is -0.121. The van der Waals surface area contributed by atoms with E-state index in [0.717, 1.165) is 21.4 Å². The van der Waals surface area contributed by atoms with Crippen molar-refractivity contribution >= 4 is 33.3 Å². The number of carbonyl (C=O) groups excluding carboxylic acids is 1. The summed E-state index contributed by atoms with van der Waals surface area (Å²) in [5, 5.41) is 21.1. The zero-order valence-electron chi connectivity index (χ0n) is 18.0. The Bertz CT molecular complexity index is 1300. The number of rotatable bonds is 8. The smallest absolute Gasteiger partial charge is 0.220 e. The number of fused-ring (bicyclic) bond motifs is 1. The van der Waals surface area contributed by atoms with Gasteiger partial charge in [-0.15, -0.1) is 0 Å². The van der Waals surface area contributed by atoms with Crippen molar-refractivity contribution in [3.05, 3.63) is 76.4 Å². The van der Waals surface area contributed by atoms with Gasteiger partial charge in [-0.25, -0.2) is 4.98 Å². The van der Waals surface area contributed by atoms with E-state index in [1.165, 1.54) is 12.8 Å². The number of aromatic hydroxyl groups is 1. The molecular formula is C25H24BrN5O2. The van der Waals surface area contributed by atoms with Crippen LogP contribution in [0.5, 0.6) is 5.75 Å². The topological polar surface area (TPSA) is 91.5 Å². The molecule has 33 heavy (non-hydrogen) atoms. The van der Waals surface area contributed by atoms with Crippen molar-refractivity contribution in [3.8, 4) is 17.0 Å². The Hall–Kier alpha value is -3.39. The van der Waals surface area contributed by atoms with Crippen molar-refractivity contribution in [2.45, 2.75) is 32.4 Å². The molecule has 168 valence electrons. The Morgan fingerprint density at radius 1 is 1.09 bits per heavy atom. The fourth-order valence-electron chi connectivity index (χ4n) is 3.71. The number of hydrogen-bond donors (Lipinski definition) is 3. The Balaban J connectivity index is 1.30. The third-order valence-electron chi connectivity index (χ3n) is 5.77. The van der Waals surface area contributed by atoms with Crippen LogP contribution in [0.25, 0.3) is 16.9 Å². The lowest BCUT2D eigenvalue weighted by atomic mass is 10.1. The quantitative estimate of drug-likeness (QED) is 0.317. The standard InChI is InChI=1S/C25H24BrN5O2/c26-20-15-29-31-23(12-21(30-25(20)31)19-3-1-2-4-22(19)32)27-13-17-7-9-18(10-8-17)14-28-24(33)11-16-5-6-16/h1-4,7-10,12,15-16,27,32H,5-6,11,13-14H2,(H,28,33). The van der Waals surface area contributed by atoms with Gasteiger partial charge in [0.15, 0.2) is 5.65 Å². The van der Waals surface area contributed by atoms with Gasteiger partial charge in [-0.2, -0.15) is 9.61 Å². The number of amides is 1. The second kappa shape index (κ2) is 9.23. The predicted molar refractivity (Wildman–Crippen MR) is 131 cm³/mol. The van der Waals surface area contributed by atoms with Crippen LogP contribution in [-0.4, -0.2) is 25.6 Å². The second-order valence-electron chi connectivity index (χ2n) is 8.37. The van der Waals surface area contributed by atoms with Crippen molar-refractivity contribution in [3.63, 3.8) is 0 Å². The van der Waals surface area contributed by atoms with Gasteiger partial charge in [0, 0.05) is 31.1 Å². The number of nitrogens with one attached hydrogen (secondary N) is 2. The zero-order valence-corrected chi connectivity index (χ0v) is 19.5. The third kappa shape index (κ3) is 5.01. The molecule has 4 aromatic rings. The molecule has 2 aromatic heterocycles. The summed E-state index contributed by atoms with van der Waals surface area (Å²) in [6.45, 7) is 1.14. The molecule has 0 bridgehead atoms. The highest BCUT2D eigenvalue weighted by Gasteiger charge is 2.24. The molecule has 0 radical (unpaired) electrons. The number of halogens is 1. The van der Waals surface area contributed by atoms with E-state index >= 15 is 0 Å². The van der Waals surface area contributed by atoms with Gasteiger partial charge in [0.1, 0.15) is 11.6 Å². The molecule has 1 saturated carbocycles. The Labute approximate surface area is 200 Å². The monoisotopic (exact) mass is 505 g/mol. The van der Waals surface area contributed by atoms with Crippen molar-refractivity contribution in [1.82, 2.24) is 19.9 Å². The molecule has 0 spiro atoms. The van der Waals surface area contributed by atoms with Crippen LogP contribution >= 0.6 is 15.9 Å². The van der Waals surface area contributed by atoms with E-state index < -0.39 is 0 Å². The van der Waals surface area contributed by atoms with Gasteiger partial charge >= 0.3 is 0 Å². The minimum atomic E-state index is 0.135. The summed E-state index contributed by atoms with van der Waals surface area (Å²) >= 11 is 3.51. The van der Waals surface area contributed by atoms with Crippen LogP contribution in [0.2, 0.25) is 0 Å². The fraction of sp³-hybridized carbons (Fsp3) is 0.240. The molecule has 1 amide bonds. The molecule has 5 rings (SSSR count). The molecular weight excluding hydrogens is 482 g/mol. The molecule has 0 unspecified atom stereocenters. The van der Waals surface area contributed by atoms with E-state index in [2.05, 4.69) is 48.8 Å². The number of nitrogens with zero attached hydrogens (tertiary/aromatic N) is 3. The number of phenolic OH excluding ortho intramolecular Hbond substituents is 1.